The van der Waals surface area contributed by atoms with Crippen LogP contribution in [0.15, 0.2) is 30.6 Å². The number of hydrogen-bond acceptors (Lipinski definition) is 4. The van der Waals surface area contributed by atoms with Gasteiger partial charge in [-0.15, -0.1) is 12.4 Å². The Hall–Kier alpha value is -2.32. The van der Waals surface area contributed by atoms with E-state index < -0.39 is 17.4 Å². The molecule has 146 valence electrons. The van der Waals surface area contributed by atoms with Crippen molar-refractivity contribution in [3.05, 3.63) is 53.6 Å². The minimum absolute atomic E-state index is 0. The number of ketones is 1. The zero-order valence-electron chi connectivity index (χ0n) is 14.8. The highest BCUT2D eigenvalue weighted by Crippen LogP contribution is 2.22. The Labute approximate surface area is 162 Å². The van der Waals surface area contributed by atoms with Gasteiger partial charge in [0, 0.05) is 58.0 Å². The number of halogens is 3. The van der Waals surface area contributed by atoms with Crippen LogP contribution in [0.4, 0.5) is 8.78 Å². The van der Waals surface area contributed by atoms with Crippen molar-refractivity contribution in [2.75, 3.05) is 19.6 Å². The van der Waals surface area contributed by atoms with Gasteiger partial charge >= 0.3 is 0 Å². The monoisotopic (exact) mass is 398 g/mol. The molecule has 1 aliphatic rings. The molecule has 0 spiro atoms. The highest BCUT2D eigenvalue weighted by Gasteiger charge is 2.30. The molecule has 0 aliphatic carbocycles. The lowest BCUT2D eigenvalue weighted by atomic mass is 10.0. The zero-order valence-corrected chi connectivity index (χ0v) is 15.6. The summed E-state index contributed by atoms with van der Waals surface area (Å²) in [5, 5.41) is 3.24. The SMILES string of the molecule is Cl.Cn1ccnc1C1CNCCN1C(=O)CCC(=O)c1ccc(F)cc1F. The second kappa shape index (κ2) is 9.05. The summed E-state index contributed by atoms with van der Waals surface area (Å²) in [7, 11) is 1.86. The molecule has 1 aromatic heterocycles. The summed E-state index contributed by atoms with van der Waals surface area (Å²) in [6, 6.07) is 2.60. The first-order valence-electron chi connectivity index (χ1n) is 8.43. The van der Waals surface area contributed by atoms with Crippen LogP contribution in [0.25, 0.3) is 0 Å². The van der Waals surface area contributed by atoms with Gasteiger partial charge in [-0.3, -0.25) is 9.59 Å². The summed E-state index contributed by atoms with van der Waals surface area (Å²) in [5.74, 6) is -1.58. The number of hydrogen-bond donors (Lipinski definition) is 1. The fraction of sp³-hybridized carbons (Fsp3) is 0.389. The standard InChI is InChI=1S/C18H20F2N4O2.ClH/c1-23-8-7-22-18(23)15-11-21-6-9-24(15)17(26)5-4-16(25)13-3-2-12(19)10-14(13)20;/h2-3,7-8,10,15,21H,4-6,9,11H2,1H3;1H. The number of Topliss-reactive ketones (excluding diaryl/α,β-unsaturated/α-hetero) is 1. The van der Waals surface area contributed by atoms with E-state index in [0.717, 1.165) is 18.0 Å². The van der Waals surface area contributed by atoms with Crippen LogP contribution < -0.4 is 5.32 Å². The van der Waals surface area contributed by atoms with Crippen LogP contribution in [0.1, 0.15) is 35.1 Å². The van der Waals surface area contributed by atoms with Crippen molar-refractivity contribution in [2.45, 2.75) is 18.9 Å². The van der Waals surface area contributed by atoms with E-state index >= 15 is 0 Å². The van der Waals surface area contributed by atoms with Crippen molar-refractivity contribution in [3.8, 4) is 0 Å². The first-order chi connectivity index (χ1) is 12.5. The van der Waals surface area contributed by atoms with E-state index in [9.17, 15) is 18.4 Å². The van der Waals surface area contributed by atoms with Gasteiger partial charge in [0.05, 0.1) is 5.56 Å². The Morgan fingerprint density at radius 3 is 2.74 bits per heavy atom. The number of rotatable bonds is 5. The van der Waals surface area contributed by atoms with Crippen molar-refractivity contribution < 1.29 is 18.4 Å². The molecule has 1 N–H and O–H groups in total. The summed E-state index contributed by atoms with van der Waals surface area (Å²) >= 11 is 0. The first-order valence-corrected chi connectivity index (χ1v) is 8.43. The summed E-state index contributed by atoms with van der Waals surface area (Å²) < 4.78 is 28.5. The second-order valence-corrected chi connectivity index (χ2v) is 6.25. The molecule has 0 bridgehead atoms. The summed E-state index contributed by atoms with van der Waals surface area (Å²) in [6.07, 6.45) is 3.33. The van der Waals surface area contributed by atoms with E-state index in [0.29, 0.717) is 25.7 Å². The lowest BCUT2D eigenvalue weighted by Crippen LogP contribution is -2.49. The molecule has 9 heteroatoms. The topological polar surface area (TPSA) is 67.2 Å². The second-order valence-electron chi connectivity index (χ2n) is 6.25. The van der Waals surface area contributed by atoms with Crippen LogP contribution in [0.2, 0.25) is 0 Å². The molecule has 27 heavy (non-hydrogen) atoms. The van der Waals surface area contributed by atoms with Crippen molar-refractivity contribution >= 4 is 24.1 Å². The molecule has 0 saturated carbocycles. The minimum Gasteiger partial charge on any atom is -0.336 e. The smallest absolute Gasteiger partial charge is 0.223 e. The van der Waals surface area contributed by atoms with Gasteiger partial charge in [0.1, 0.15) is 23.5 Å². The molecule has 1 fully saturated rings. The zero-order chi connectivity index (χ0) is 18.7. The fourth-order valence-corrected chi connectivity index (χ4v) is 3.15. The van der Waals surface area contributed by atoms with Gasteiger partial charge in [0.2, 0.25) is 5.91 Å². The molecule has 2 aromatic rings. The Bertz CT molecular complexity index is 827. The van der Waals surface area contributed by atoms with E-state index in [4.69, 9.17) is 0 Å². The number of aromatic nitrogens is 2. The molecule has 1 unspecified atom stereocenters. The van der Waals surface area contributed by atoms with E-state index in [1.165, 1.54) is 0 Å². The fourth-order valence-electron chi connectivity index (χ4n) is 3.15. The van der Waals surface area contributed by atoms with Crippen LogP contribution in [0.3, 0.4) is 0 Å². The third-order valence-electron chi connectivity index (χ3n) is 4.52. The number of aryl methyl sites for hydroxylation is 1. The number of benzene rings is 1. The third kappa shape index (κ3) is 4.70. The third-order valence-corrected chi connectivity index (χ3v) is 4.52. The molecule has 1 saturated heterocycles. The van der Waals surface area contributed by atoms with Gasteiger partial charge in [-0.05, 0) is 12.1 Å². The summed E-state index contributed by atoms with van der Waals surface area (Å²) in [4.78, 5) is 30.8. The van der Waals surface area contributed by atoms with Crippen LogP contribution in [0, 0.1) is 11.6 Å². The molecule has 6 nitrogen and oxygen atoms in total. The van der Waals surface area contributed by atoms with E-state index in [1.54, 1.807) is 11.1 Å². The number of imidazole rings is 1. The number of carbonyl (C=O) groups is 2. The summed E-state index contributed by atoms with van der Waals surface area (Å²) in [5.41, 5.74) is -0.194. The van der Waals surface area contributed by atoms with E-state index in [-0.39, 0.29) is 42.8 Å². The van der Waals surface area contributed by atoms with Gasteiger partial charge in [0.15, 0.2) is 5.78 Å². The molecular weight excluding hydrogens is 378 g/mol. The average molecular weight is 399 g/mol. The maximum atomic E-state index is 13.7. The maximum Gasteiger partial charge on any atom is 0.223 e. The molecule has 1 atom stereocenters. The van der Waals surface area contributed by atoms with Crippen molar-refractivity contribution in [2.24, 2.45) is 7.05 Å². The largest absolute Gasteiger partial charge is 0.336 e. The Morgan fingerprint density at radius 2 is 2.07 bits per heavy atom. The quantitative estimate of drug-likeness (QED) is 0.784. The molecule has 0 radical (unpaired) electrons. The molecule has 1 aromatic carbocycles. The van der Waals surface area contributed by atoms with Crippen LogP contribution in [0.5, 0.6) is 0 Å². The van der Waals surface area contributed by atoms with Gasteiger partial charge < -0.3 is 14.8 Å². The molecule has 3 rings (SSSR count). The van der Waals surface area contributed by atoms with E-state index in [2.05, 4.69) is 10.3 Å². The van der Waals surface area contributed by atoms with Crippen molar-refractivity contribution in [3.63, 3.8) is 0 Å². The van der Waals surface area contributed by atoms with Gasteiger partial charge in [-0.2, -0.15) is 0 Å². The number of nitrogens with one attached hydrogen (secondary N) is 1. The first kappa shape index (κ1) is 21.0. The minimum atomic E-state index is -0.907. The van der Waals surface area contributed by atoms with Crippen LogP contribution in [-0.2, 0) is 11.8 Å². The van der Waals surface area contributed by atoms with Gasteiger partial charge in [-0.25, -0.2) is 13.8 Å². The predicted molar refractivity (Wildman–Crippen MR) is 97.7 cm³/mol. The number of nitrogens with zero attached hydrogens (tertiary/aromatic N) is 3. The Kier molecular flexibility index (Phi) is 7.04. The lowest BCUT2D eigenvalue weighted by Gasteiger charge is -2.35. The normalized spacial score (nSPS) is 16.7. The predicted octanol–water partition coefficient (Wildman–Crippen LogP) is 2.26. The Balaban J connectivity index is 0.00000261. The van der Waals surface area contributed by atoms with Crippen LogP contribution >= 0.6 is 12.4 Å². The van der Waals surface area contributed by atoms with Crippen LogP contribution in [-0.4, -0.2) is 45.8 Å². The van der Waals surface area contributed by atoms with E-state index in [1.807, 2.05) is 17.8 Å². The van der Waals surface area contributed by atoms with Crippen molar-refractivity contribution in [1.29, 1.82) is 0 Å². The number of amides is 1. The van der Waals surface area contributed by atoms with Gasteiger partial charge in [0.25, 0.3) is 0 Å². The summed E-state index contributed by atoms with van der Waals surface area (Å²) in [6.45, 7) is 1.75. The molecule has 1 amide bonds. The molecule has 2 heterocycles. The number of carbonyl (C=O) groups excluding carboxylic acids is 2. The van der Waals surface area contributed by atoms with Crippen molar-refractivity contribution in [1.82, 2.24) is 19.8 Å². The number of piperazine rings is 1. The Morgan fingerprint density at radius 1 is 1.30 bits per heavy atom. The van der Waals surface area contributed by atoms with Gasteiger partial charge in [-0.1, -0.05) is 0 Å². The molecule has 1 aliphatic heterocycles. The maximum absolute atomic E-state index is 13.7. The average Bonchev–Trinajstić information content (AvgIpc) is 3.05. The molecular formula is C18H21ClF2N4O2. The lowest BCUT2D eigenvalue weighted by molar-refractivity contribution is -0.134. The highest BCUT2D eigenvalue weighted by atomic mass is 35.5. The highest BCUT2D eigenvalue weighted by molar-refractivity contribution is 5.98.